The van der Waals surface area contributed by atoms with Crippen molar-refractivity contribution < 1.29 is 57.0 Å². The molecule has 2 heterocycles. The van der Waals surface area contributed by atoms with Crippen LogP contribution < -0.4 is 32.7 Å². The Morgan fingerprint density at radius 1 is 0.853 bits per heavy atom. The van der Waals surface area contributed by atoms with Gasteiger partial charge in [-0.1, -0.05) is 63.2 Å². The Hall–Kier alpha value is -7.98. The number of anilines is 1. The summed E-state index contributed by atoms with van der Waals surface area (Å²) in [4.78, 5) is 121. The van der Waals surface area contributed by atoms with Gasteiger partial charge >= 0.3 is 6.03 Å². The Morgan fingerprint density at radius 2 is 1.53 bits per heavy atom. The van der Waals surface area contributed by atoms with Gasteiger partial charge in [0.1, 0.15) is 24.1 Å². The fraction of sp³-hybridized carbons (Fsp3) is 0.396. The first-order valence-electron chi connectivity index (χ1n) is 24.3. The lowest BCUT2D eigenvalue weighted by atomic mass is 9.84. The molecule has 1 aliphatic heterocycles. The number of aliphatic hydroxyl groups is 1. The van der Waals surface area contributed by atoms with Gasteiger partial charge in [-0.05, 0) is 73.1 Å². The predicted molar refractivity (Wildman–Crippen MR) is 272 cm³/mol. The number of hydrogen-bond acceptors (Lipinski definition) is 12. The molecule has 22 heteroatoms. The minimum atomic E-state index is -1.20. The van der Waals surface area contributed by atoms with Crippen LogP contribution in [0.5, 0.6) is 0 Å². The molecule has 0 radical (unpaired) electrons. The van der Waals surface area contributed by atoms with Gasteiger partial charge in [-0.3, -0.25) is 43.3 Å². The number of hydrogen-bond donors (Lipinski definition) is 7. The first-order valence-corrected chi connectivity index (χ1v) is 24.3. The molecule has 20 nitrogen and oxygen atoms in total. The molecule has 75 heavy (non-hydrogen) atoms. The fourth-order valence-corrected chi connectivity index (χ4v) is 8.40. The molecule has 0 spiro atoms. The van der Waals surface area contributed by atoms with Crippen LogP contribution in [0.15, 0.2) is 91.1 Å². The number of imidazole rings is 1. The van der Waals surface area contributed by atoms with Gasteiger partial charge in [0.15, 0.2) is 11.6 Å². The van der Waals surface area contributed by atoms with Crippen molar-refractivity contribution in [3.05, 3.63) is 120 Å². The molecule has 0 saturated carbocycles. The number of aliphatic hydroxyl groups excluding tert-OH is 1. The number of urea groups is 1. The molecule has 4 aromatic rings. The maximum absolute atomic E-state index is 15.1. The Balaban J connectivity index is 1.16. The molecular formula is C53H64F2N10O10. The molecular weight excluding hydrogens is 975 g/mol. The smallest absolute Gasteiger partial charge is 0.312 e. The highest BCUT2D eigenvalue weighted by atomic mass is 19.1. The molecule has 0 unspecified atom stereocenters. The molecule has 1 aromatic heterocycles. The van der Waals surface area contributed by atoms with Gasteiger partial charge in [-0.2, -0.15) is 0 Å². The van der Waals surface area contributed by atoms with E-state index in [0.29, 0.717) is 17.1 Å². The SMILES string of the molecule is C[C@H](NC(=O)CCNC(=O)[C@@H](N)CCN(C(=O)CO)[C@@H](c1nc(-c2cc(F)ccc2F)cn1Cc1ccccc1)C(C)(C)C)C(=O)C[C@@H](CCCNC(N)=O)C(=O)Nc1ccc(CC(=O)CN2C(=O)C=CC2=O)cc1. The van der Waals surface area contributed by atoms with E-state index in [1.54, 1.807) is 35.0 Å². The van der Waals surface area contributed by atoms with Crippen molar-refractivity contribution in [2.45, 2.75) is 90.9 Å². The second-order valence-electron chi connectivity index (χ2n) is 19.3. The lowest BCUT2D eigenvalue weighted by Gasteiger charge is -2.40. The van der Waals surface area contributed by atoms with Gasteiger partial charge in [-0.15, -0.1) is 0 Å². The molecule has 9 N–H and O–H groups in total. The summed E-state index contributed by atoms with van der Waals surface area (Å²) in [6.45, 7) is 5.76. The van der Waals surface area contributed by atoms with Crippen LogP contribution in [0.3, 0.4) is 0 Å². The zero-order chi connectivity index (χ0) is 55.0. The van der Waals surface area contributed by atoms with E-state index in [0.717, 1.165) is 40.8 Å². The number of halogens is 2. The van der Waals surface area contributed by atoms with Crippen LogP contribution in [-0.2, 0) is 51.3 Å². The van der Waals surface area contributed by atoms with Crippen LogP contribution in [-0.4, -0.2) is 122 Å². The second kappa shape index (κ2) is 26.8. The monoisotopic (exact) mass is 1040 g/mol. The highest BCUT2D eigenvalue weighted by Gasteiger charge is 2.39. The summed E-state index contributed by atoms with van der Waals surface area (Å²) < 4.78 is 31.3. The number of nitrogens with two attached hydrogens (primary N) is 2. The molecule has 8 amide bonds. The third-order valence-electron chi connectivity index (χ3n) is 12.3. The van der Waals surface area contributed by atoms with Gasteiger partial charge in [0.05, 0.1) is 30.4 Å². The maximum atomic E-state index is 15.1. The summed E-state index contributed by atoms with van der Waals surface area (Å²) >= 11 is 0. The molecule has 0 fully saturated rings. The zero-order valence-corrected chi connectivity index (χ0v) is 42.3. The normalized spacial score (nSPS) is 13.9. The summed E-state index contributed by atoms with van der Waals surface area (Å²) in [5.74, 6) is -6.45. The van der Waals surface area contributed by atoms with E-state index in [1.165, 1.54) is 11.8 Å². The Morgan fingerprint density at radius 3 is 2.17 bits per heavy atom. The van der Waals surface area contributed by atoms with Crippen molar-refractivity contribution in [3.63, 3.8) is 0 Å². The van der Waals surface area contributed by atoms with Crippen LogP contribution in [0.1, 0.15) is 82.8 Å². The predicted octanol–water partition coefficient (Wildman–Crippen LogP) is 3.21. The largest absolute Gasteiger partial charge is 0.387 e. The van der Waals surface area contributed by atoms with Gasteiger partial charge in [-0.25, -0.2) is 18.6 Å². The van der Waals surface area contributed by atoms with E-state index in [4.69, 9.17) is 16.5 Å². The molecule has 0 saturated heterocycles. The number of benzene rings is 3. The third kappa shape index (κ3) is 17.0. The van der Waals surface area contributed by atoms with Crippen molar-refractivity contribution in [2.24, 2.45) is 22.8 Å². The summed E-state index contributed by atoms with van der Waals surface area (Å²) in [5, 5.41) is 20.5. The van der Waals surface area contributed by atoms with Crippen molar-refractivity contribution in [3.8, 4) is 11.3 Å². The standard InChI is InChI=1S/C53H64F2N10O10/c1-32(43(68)26-35(11-8-22-59-52(57)75)50(73)61-37-15-12-33(13-16-37)25-38(67)29-65-45(70)18-19-46(65)71)60-44(69)20-23-58-51(74)41(56)21-24-64(47(72)31-66)48(53(2,3)4)49-62-42(39-27-36(54)14-17-40(39)55)30-63(49)28-34-9-6-5-7-10-34/h5-7,9-10,12-19,27,30,32,35,41,48,66H,8,11,20-26,28-29,31,56H2,1-4H3,(H,58,74)(H,60,69)(H,61,73)(H3,57,59,75)/t32-,35+,41-,48-/m0/s1. The number of amides is 8. The van der Waals surface area contributed by atoms with Gasteiger partial charge < -0.3 is 47.3 Å². The fourth-order valence-electron chi connectivity index (χ4n) is 8.40. The maximum Gasteiger partial charge on any atom is 0.312 e. The zero-order valence-electron chi connectivity index (χ0n) is 42.3. The lowest BCUT2D eigenvalue weighted by Crippen LogP contribution is -2.48. The van der Waals surface area contributed by atoms with Crippen molar-refractivity contribution in [2.75, 3.05) is 38.1 Å². The molecule has 3 aromatic carbocycles. The summed E-state index contributed by atoms with van der Waals surface area (Å²) in [6.07, 6.45) is 3.46. The number of primary amides is 1. The number of nitrogens with zero attached hydrogens (tertiary/aromatic N) is 4. The number of nitrogens with one attached hydrogen (secondary N) is 4. The Bertz CT molecular complexity index is 2740. The number of ketones is 2. The average Bonchev–Trinajstić information content (AvgIpc) is 3.91. The van der Waals surface area contributed by atoms with Gasteiger partial charge in [0.25, 0.3) is 11.8 Å². The van der Waals surface area contributed by atoms with Crippen LogP contribution in [0.4, 0.5) is 19.3 Å². The molecule has 1 aliphatic rings. The minimum absolute atomic E-state index is 0.0774. The third-order valence-corrected chi connectivity index (χ3v) is 12.3. The van der Waals surface area contributed by atoms with Gasteiger partial charge in [0.2, 0.25) is 23.6 Å². The number of carbonyl (C=O) groups excluding carboxylic acids is 9. The number of imide groups is 1. The molecule has 5 rings (SSSR count). The summed E-state index contributed by atoms with van der Waals surface area (Å²) in [7, 11) is 0. The molecule has 400 valence electrons. The minimum Gasteiger partial charge on any atom is -0.387 e. The summed E-state index contributed by atoms with van der Waals surface area (Å²) in [5.41, 5.74) is 12.5. The first-order chi connectivity index (χ1) is 35.5. The van der Waals surface area contributed by atoms with E-state index < -0.39 is 95.0 Å². The summed E-state index contributed by atoms with van der Waals surface area (Å²) in [6, 6.07) is 14.7. The molecule has 0 aliphatic carbocycles. The lowest BCUT2D eigenvalue weighted by molar-refractivity contribution is -0.140. The van der Waals surface area contributed by atoms with Crippen molar-refractivity contribution >= 4 is 58.7 Å². The van der Waals surface area contributed by atoms with E-state index in [2.05, 4.69) is 21.3 Å². The highest BCUT2D eigenvalue weighted by Crippen LogP contribution is 2.39. The number of rotatable bonds is 27. The highest BCUT2D eigenvalue weighted by molar-refractivity contribution is 6.14. The van der Waals surface area contributed by atoms with E-state index >= 15 is 4.39 Å². The first kappa shape index (κ1) is 57.9. The topological polar surface area (TPSA) is 298 Å². The Labute approximate surface area is 432 Å². The number of carbonyl (C=O) groups is 9. The number of aromatic nitrogens is 2. The van der Waals surface area contributed by atoms with Crippen LogP contribution in [0.25, 0.3) is 11.3 Å². The van der Waals surface area contributed by atoms with Crippen LogP contribution in [0.2, 0.25) is 0 Å². The average molecular weight is 1040 g/mol. The molecule has 4 atom stereocenters. The second-order valence-corrected chi connectivity index (χ2v) is 19.3. The quantitative estimate of drug-likeness (QED) is 0.0335. The van der Waals surface area contributed by atoms with E-state index in [-0.39, 0.29) is 88.3 Å². The van der Waals surface area contributed by atoms with Crippen LogP contribution in [0, 0.1) is 23.0 Å². The van der Waals surface area contributed by atoms with Gasteiger partial charge in [0, 0.05) is 81.0 Å². The Kier molecular flexibility index (Phi) is 20.7. The van der Waals surface area contributed by atoms with E-state index in [9.17, 15) is 52.6 Å². The van der Waals surface area contributed by atoms with E-state index in [1.807, 2.05) is 51.1 Å². The molecule has 0 bridgehead atoms. The van der Waals surface area contributed by atoms with Crippen molar-refractivity contribution in [1.29, 1.82) is 0 Å². The van der Waals surface area contributed by atoms with Crippen molar-refractivity contribution in [1.82, 2.24) is 35.3 Å². The number of Topliss-reactive ketones (excluding diaryl/α,β-unsaturated/α-hetero) is 2. The van der Waals surface area contributed by atoms with Crippen LogP contribution >= 0.6 is 0 Å².